The summed E-state index contributed by atoms with van der Waals surface area (Å²) in [5, 5.41) is -0.684. The standard InChI is InChI=1S/C15H12Cl2F2O2/c1-20-13-4-3-8(5-14(13)21-2)15(17)9-6-11(18)12(19)7-10(9)16/h3-7,15H,1-2H3. The van der Waals surface area contributed by atoms with Gasteiger partial charge in [0.1, 0.15) is 0 Å². The van der Waals surface area contributed by atoms with Crippen LogP contribution >= 0.6 is 23.2 Å². The number of alkyl halides is 1. The summed E-state index contributed by atoms with van der Waals surface area (Å²) >= 11 is 12.2. The van der Waals surface area contributed by atoms with Crippen LogP contribution in [0.1, 0.15) is 16.5 Å². The molecule has 0 fully saturated rings. The third-order valence-electron chi connectivity index (χ3n) is 3.01. The van der Waals surface area contributed by atoms with Gasteiger partial charge in [0.25, 0.3) is 0 Å². The highest BCUT2D eigenvalue weighted by atomic mass is 35.5. The van der Waals surface area contributed by atoms with Crippen LogP contribution in [0, 0.1) is 11.6 Å². The Labute approximate surface area is 131 Å². The van der Waals surface area contributed by atoms with Crippen molar-refractivity contribution in [1.82, 2.24) is 0 Å². The average molecular weight is 333 g/mol. The first-order chi connectivity index (χ1) is 9.97. The Morgan fingerprint density at radius 3 is 2.19 bits per heavy atom. The number of rotatable bonds is 4. The molecule has 0 saturated carbocycles. The molecule has 2 nitrogen and oxygen atoms in total. The Hall–Kier alpha value is -1.52. The summed E-state index contributed by atoms with van der Waals surface area (Å²) in [5.41, 5.74) is 0.909. The average Bonchev–Trinajstić information content (AvgIpc) is 2.49. The van der Waals surface area contributed by atoms with Gasteiger partial charge >= 0.3 is 0 Å². The van der Waals surface area contributed by atoms with Gasteiger partial charge in [-0.05, 0) is 35.4 Å². The van der Waals surface area contributed by atoms with Crippen molar-refractivity contribution in [1.29, 1.82) is 0 Å². The molecule has 0 spiro atoms. The van der Waals surface area contributed by atoms with E-state index < -0.39 is 17.0 Å². The first-order valence-corrected chi connectivity index (χ1v) is 6.79. The molecule has 2 aromatic carbocycles. The maximum absolute atomic E-state index is 13.4. The molecular weight excluding hydrogens is 321 g/mol. The molecule has 0 amide bonds. The number of hydrogen-bond acceptors (Lipinski definition) is 2. The van der Waals surface area contributed by atoms with Crippen LogP contribution in [0.4, 0.5) is 8.78 Å². The summed E-state index contributed by atoms with van der Waals surface area (Å²) in [4.78, 5) is 0. The zero-order chi connectivity index (χ0) is 15.6. The highest BCUT2D eigenvalue weighted by molar-refractivity contribution is 6.33. The minimum atomic E-state index is -1.01. The van der Waals surface area contributed by atoms with E-state index in [1.807, 2.05) is 0 Å². The van der Waals surface area contributed by atoms with Gasteiger partial charge in [-0.2, -0.15) is 0 Å². The van der Waals surface area contributed by atoms with Gasteiger partial charge in [-0.3, -0.25) is 0 Å². The second kappa shape index (κ2) is 6.50. The molecule has 0 bridgehead atoms. The van der Waals surface area contributed by atoms with Crippen LogP contribution in [0.25, 0.3) is 0 Å². The SMILES string of the molecule is COc1ccc(C(Cl)c2cc(F)c(F)cc2Cl)cc1OC. The molecule has 2 aromatic rings. The predicted molar refractivity (Wildman–Crippen MR) is 78.6 cm³/mol. The van der Waals surface area contributed by atoms with E-state index in [0.717, 1.165) is 12.1 Å². The van der Waals surface area contributed by atoms with Crippen LogP contribution in [-0.4, -0.2) is 14.2 Å². The molecule has 0 heterocycles. The van der Waals surface area contributed by atoms with Crippen molar-refractivity contribution in [3.8, 4) is 11.5 Å². The van der Waals surface area contributed by atoms with Gasteiger partial charge in [-0.1, -0.05) is 17.7 Å². The third-order valence-corrected chi connectivity index (χ3v) is 3.83. The Bertz CT molecular complexity index is 662. The van der Waals surface area contributed by atoms with Crippen molar-refractivity contribution in [3.63, 3.8) is 0 Å². The zero-order valence-electron chi connectivity index (χ0n) is 11.3. The minimum Gasteiger partial charge on any atom is -0.493 e. The lowest BCUT2D eigenvalue weighted by Crippen LogP contribution is -1.99. The highest BCUT2D eigenvalue weighted by Gasteiger charge is 2.19. The summed E-state index contributed by atoms with van der Waals surface area (Å²) in [5.74, 6) is -0.985. The first-order valence-electron chi connectivity index (χ1n) is 5.98. The van der Waals surface area contributed by atoms with Crippen LogP contribution in [-0.2, 0) is 0 Å². The molecule has 0 radical (unpaired) electrons. The van der Waals surface area contributed by atoms with E-state index in [2.05, 4.69) is 0 Å². The largest absolute Gasteiger partial charge is 0.493 e. The zero-order valence-corrected chi connectivity index (χ0v) is 12.8. The van der Waals surface area contributed by atoms with E-state index in [1.54, 1.807) is 18.2 Å². The lowest BCUT2D eigenvalue weighted by Gasteiger charge is -2.15. The van der Waals surface area contributed by atoms with Crippen LogP contribution in [0.3, 0.4) is 0 Å². The van der Waals surface area contributed by atoms with Gasteiger partial charge in [-0.25, -0.2) is 8.78 Å². The second-order valence-corrected chi connectivity index (χ2v) is 5.11. The Morgan fingerprint density at radius 1 is 0.952 bits per heavy atom. The normalized spacial score (nSPS) is 12.1. The van der Waals surface area contributed by atoms with E-state index in [0.29, 0.717) is 17.1 Å². The fourth-order valence-electron chi connectivity index (χ4n) is 1.92. The van der Waals surface area contributed by atoms with Crippen molar-refractivity contribution in [3.05, 3.63) is 58.1 Å². The summed E-state index contributed by atoms with van der Waals surface area (Å²) in [6, 6.07) is 6.94. The minimum absolute atomic E-state index is 0.0590. The van der Waals surface area contributed by atoms with E-state index in [4.69, 9.17) is 32.7 Å². The molecule has 0 aromatic heterocycles. The summed E-state index contributed by atoms with van der Waals surface area (Å²) in [6.45, 7) is 0. The molecule has 0 aliphatic rings. The van der Waals surface area contributed by atoms with Gasteiger partial charge in [0.15, 0.2) is 23.1 Å². The van der Waals surface area contributed by atoms with Crippen LogP contribution < -0.4 is 9.47 Å². The van der Waals surface area contributed by atoms with Crippen molar-refractivity contribution in [2.75, 3.05) is 14.2 Å². The quantitative estimate of drug-likeness (QED) is 0.581. The van der Waals surface area contributed by atoms with Crippen molar-refractivity contribution < 1.29 is 18.3 Å². The van der Waals surface area contributed by atoms with Gasteiger partial charge < -0.3 is 9.47 Å². The van der Waals surface area contributed by atoms with Crippen molar-refractivity contribution >= 4 is 23.2 Å². The van der Waals surface area contributed by atoms with E-state index >= 15 is 0 Å². The predicted octanol–water partition coefficient (Wildman–Crippen LogP) is 4.96. The van der Waals surface area contributed by atoms with Gasteiger partial charge in [-0.15, -0.1) is 11.6 Å². The molecule has 1 atom stereocenters. The van der Waals surface area contributed by atoms with Crippen molar-refractivity contribution in [2.45, 2.75) is 5.38 Å². The highest BCUT2D eigenvalue weighted by Crippen LogP contribution is 2.38. The third kappa shape index (κ3) is 3.22. The number of ether oxygens (including phenoxy) is 2. The fraction of sp³-hybridized carbons (Fsp3) is 0.200. The van der Waals surface area contributed by atoms with Crippen LogP contribution in [0.2, 0.25) is 5.02 Å². The number of methoxy groups -OCH3 is 2. The Kier molecular flexibility index (Phi) is 4.91. The first kappa shape index (κ1) is 15.9. The fourth-order valence-corrected chi connectivity index (χ4v) is 2.55. The lowest BCUT2D eigenvalue weighted by atomic mass is 10.0. The summed E-state index contributed by atoms with van der Waals surface area (Å²) in [7, 11) is 3.01. The maximum Gasteiger partial charge on any atom is 0.161 e. The molecule has 6 heteroatoms. The molecule has 1 unspecified atom stereocenters. The Balaban J connectivity index is 2.45. The molecule has 0 aliphatic heterocycles. The van der Waals surface area contributed by atoms with E-state index in [-0.39, 0.29) is 10.6 Å². The molecule has 2 rings (SSSR count). The van der Waals surface area contributed by atoms with Gasteiger partial charge in [0, 0.05) is 5.02 Å². The van der Waals surface area contributed by atoms with Crippen molar-refractivity contribution in [2.24, 2.45) is 0 Å². The number of halogens is 4. The molecule has 0 aliphatic carbocycles. The topological polar surface area (TPSA) is 18.5 Å². The summed E-state index contributed by atoms with van der Waals surface area (Å²) < 4.78 is 36.8. The van der Waals surface area contributed by atoms with Gasteiger partial charge in [0.2, 0.25) is 0 Å². The molecular formula is C15H12Cl2F2O2. The Morgan fingerprint density at radius 2 is 1.57 bits per heavy atom. The number of benzene rings is 2. The van der Waals surface area contributed by atoms with E-state index in [1.165, 1.54) is 14.2 Å². The molecule has 0 N–H and O–H groups in total. The second-order valence-electron chi connectivity index (χ2n) is 4.26. The lowest BCUT2D eigenvalue weighted by molar-refractivity contribution is 0.354. The monoisotopic (exact) mass is 332 g/mol. The van der Waals surface area contributed by atoms with Crippen LogP contribution in [0.15, 0.2) is 30.3 Å². The molecule has 112 valence electrons. The molecule has 0 saturated heterocycles. The molecule has 21 heavy (non-hydrogen) atoms. The van der Waals surface area contributed by atoms with Gasteiger partial charge in [0.05, 0.1) is 19.6 Å². The number of hydrogen-bond donors (Lipinski definition) is 0. The van der Waals surface area contributed by atoms with E-state index in [9.17, 15) is 8.78 Å². The maximum atomic E-state index is 13.4. The summed E-state index contributed by atoms with van der Waals surface area (Å²) in [6.07, 6.45) is 0. The van der Waals surface area contributed by atoms with Crippen LogP contribution in [0.5, 0.6) is 11.5 Å². The smallest absolute Gasteiger partial charge is 0.161 e.